The highest BCUT2D eigenvalue weighted by Gasteiger charge is 2.14. The smallest absolute Gasteiger partial charge is 0.354 e. The topological polar surface area (TPSA) is 186 Å². The van der Waals surface area contributed by atoms with E-state index in [1.165, 1.54) is 12.1 Å². The van der Waals surface area contributed by atoms with Crippen LogP contribution in [0.25, 0.3) is 0 Å². The van der Waals surface area contributed by atoms with Crippen LogP contribution in [0, 0.1) is 0 Å². The van der Waals surface area contributed by atoms with Gasteiger partial charge >= 0.3 is 11.9 Å². The number of carboxylic acids is 2. The molecule has 0 saturated heterocycles. The summed E-state index contributed by atoms with van der Waals surface area (Å²) in [7, 11) is 0. The fraction of sp³-hybridized carbons (Fsp3) is 0.520. The summed E-state index contributed by atoms with van der Waals surface area (Å²) in [6.07, 6.45) is -0.570. The fourth-order valence-corrected chi connectivity index (χ4v) is 3.56. The van der Waals surface area contributed by atoms with Gasteiger partial charge in [0, 0.05) is 39.3 Å². The highest BCUT2D eigenvalue weighted by molar-refractivity contribution is 5.85. The lowest BCUT2D eigenvalue weighted by molar-refractivity contribution is -0.0511. The third-order valence-electron chi connectivity index (χ3n) is 5.48. The second-order valence-corrected chi connectivity index (χ2v) is 8.39. The number of pyridine rings is 2. The maximum Gasteiger partial charge on any atom is 0.354 e. The van der Waals surface area contributed by atoms with E-state index >= 15 is 0 Å². The van der Waals surface area contributed by atoms with Crippen molar-refractivity contribution >= 4 is 11.9 Å². The molecule has 13 nitrogen and oxygen atoms in total. The monoisotopic (exact) mass is 536 g/mol. The maximum atomic E-state index is 11.1. The van der Waals surface area contributed by atoms with Gasteiger partial charge in [0.1, 0.15) is 17.5 Å². The summed E-state index contributed by atoms with van der Waals surface area (Å²) >= 11 is 0. The molecule has 0 radical (unpaired) electrons. The van der Waals surface area contributed by atoms with Gasteiger partial charge in [0.2, 0.25) is 0 Å². The summed E-state index contributed by atoms with van der Waals surface area (Å²) in [5.74, 6) is -2.22. The quantitative estimate of drug-likeness (QED) is 0.137. The molecule has 0 spiro atoms. The molecular formula is C25H36N4O9. The Balaban J connectivity index is 1.76. The minimum absolute atomic E-state index is 0.0479. The second-order valence-electron chi connectivity index (χ2n) is 8.39. The number of carboxylic acid groups (broad SMARTS) is 2. The first kappa shape index (κ1) is 31.2. The summed E-state index contributed by atoms with van der Waals surface area (Å²) in [5.41, 5.74) is 1.01. The van der Waals surface area contributed by atoms with E-state index in [9.17, 15) is 24.9 Å². The Hall–Kier alpha value is -3.04. The third-order valence-corrected chi connectivity index (χ3v) is 5.48. The first-order chi connectivity index (χ1) is 18.4. The lowest BCUT2D eigenvalue weighted by Gasteiger charge is -2.24. The second kappa shape index (κ2) is 17.5. The van der Waals surface area contributed by atoms with Crippen molar-refractivity contribution in [1.29, 1.82) is 0 Å². The molecule has 210 valence electrons. The van der Waals surface area contributed by atoms with Gasteiger partial charge < -0.3 is 35.0 Å². The molecule has 13 heteroatoms. The molecule has 2 aromatic heterocycles. The molecule has 2 rings (SSSR count). The van der Waals surface area contributed by atoms with Crippen LogP contribution in [0.2, 0.25) is 0 Å². The van der Waals surface area contributed by atoms with Crippen LogP contribution in [0.1, 0.15) is 32.4 Å². The Bertz CT molecular complexity index is 995. The Morgan fingerprint density at radius 1 is 0.763 bits per heavy atom. The van der Waals surface area contributed by atoms with Gasteiger partial charge in [-0.3, -0.25) is 9.80 Å². The summed E-state index contributed by atoms with van der Waals surface area (Å²) in [4.78, 5) is 34.2. The number of aliphatic hydroxyl groups excluding tert-OH is 3. The van der Waals surface area contributed by atoms with Gasteiger partial charge in [-0.2, -0.15) is 0 Å². The van der Waals surface area contributed by atoms with Crippen molar-refractivity contribution in [2.75, 3.05) is 65.8 Å². The molecule has 2 heterocycles. The average Bonchev–Trinajstić information content (AvgIpc) is 2.90. The van der Waals surface area contributed by atoms with E-state index in [-0.39, 0.29) is 44.4 Å². The molecule has 0 aliphatic heterocycles. The number of aromatic nitrogens is 2. The van der Waals surface area contributed by atoms with Gasteiger partial charge in [0.25, 0.3) is 0 Å². The van der Waals surface area contributed by atoms with E-state index in [4.69, 9.17) is 19.7 Å². The van der Waals surface area contributed by atoms with Gasteiger partial charge in [-0.1, -0.05) is 12.1 Å². The minimum Gasteiger partial charge on any atom is -0.477 e. The van der Waals surface area contributed by atoms with Gasteiger partial charge in [0.15, 0.2) is 0 Å². The van der Waals surface area contributed by atoms with E-state index < -0.39 is 18.0 Å². The van der Waals surface area contributed by atoms with Crippen LogP contribution in [0.3, 0.4) is 0 Å². The lowest BCUT2D eigenvalue weighted by atomic mass is 10.3. The normalized spacial score (nSPS) is 12.2. The summed E-state index contributed by atoms with van der Waals surface area (Å²) in [6, 6.07) is 9.48. The molecule has 1 unspecified atom stereocenters. The van der Waals surface area contributed by atoms with E-state index in [1.807, 2.05) is 9.80 Å². The zero-order valence-corrected chi connectivity index (χ0v) is 21.2. The zero-order valence-electron chi connectivity index (χ0n) is 21.2. The van der Waals surface area contributed by atoms with Crippen molar-refractivity contribution < 1.29 is 44.6 Å². The van der Waals surface area contributed by atoms with E-state index in [0.717, 1.165) is 0 Å². The predicted octanol–water partition coefficient (Wildman–Crippen LogP) is -0.444. The zero-order chi connectivity index (χ0) is 27.8. The molecule has 5 N–H and O–H groups in total. The Labute approximate surface area is 220 Å². The number of nitrogens with zero attached hydrogens (tertiary/aromatic N) is 4. The van der Waals surface area contributed by atoms with E-state index in [1.54, 1.807) is 24.3 Å². The third kappa shape index (κ3) is 11.6. The summed E-state index contributed by atoms with van der Waals surface area (Å²) in [5, 5.41) is 46.6. The molecular weight excluding hydrogens is 500 g/mol. The van der Waals surface area contributed by atoms with Crippen LogP contribution < -0.4 is 0 Å². The number of carbonyl (C=O) groups is 2. The fourth-order valence-electron chi connectivity index (χ4n) is 3.56. The first-order valence-corrected chi connectivity index (χ1v) is 12.2. The van der Waals surface area contributed by atoms with E-state index in [2.05, 4.69) is 9.97 Å². The maximum absolute atomic E-state index is 11.1. The number of aromatic carboxylic acids is 2. The molecule has 0 bridgehead atoms. The van der Waals surface area contributed by atoms with Gasteiger partial charge in [-0.15, -0.1) is 0 Å². The van der Waals surface area contributed by atoms with Crippen LogP contribution in [0.4, 0.5) is 0 Å². The van der Waals surface area contributed by atoms with Crippen molar-refractivity contribution in [1.82, 2.24) is 19.8 Å². The van der Waals surface area contributed by atoms with Crippen molar-refractivity contribution in [2.24, 2.45) is 0 Å². The Kier molecular flexibility index (Phi) is 14.3. The van der Waals surface area contributed by atoms with Crippen molar-refractivity contribution in [3.63, 3.8) is 0 Å². The Morgan fingerprint density at radius 3 is 1.71 bits per heavy atom. The minimum atomic E-state index is -1.11. The van der Waals surface area contributed by atoms with Gasteiger partial charge in [0.05, 0.1) is 51.0 Å². The van der Waals surface area contributed by atoms with Crippen LogP contribution in [-0.4, -0.2) is 129 Å². The van der Waals surface area contributed by atoms with Gasteiger partial charge in [-0.25, -0.2) is 19.6 Å². The average molecular weight is 537 g/mol. The summed E-state index contributed by atoms with van der Waals surface area (Å²) < 4.78 is 11.4. The number of rotatable bonds is 20. The molecule has 0 saturated carbocycles. The number of ether oxygens (including phenoxy) is 2. The van der Waals surface area contributed by atoms with E-state index in [0.29, 0.717) is 57.3 Å². The molecule has 0 amide bonds. The number of aliphatic hydroxyl groups is 3. The van der Waals surface area contributed by atoms with Crippen LogP contribution in [0.15, 0.2) is 36.4 Å². The van der Waals surface area contributed by atoms with Crippen molar-refractivity contribution in [3.8, 4) is 0 Å². The van der Waals surface area contributed by atoms with Crippen LogP contribution in [-0.2, 0) is 22.6 Å². The molecule has 0 aliphatic rings. The molecule has 2 aromatic rings. The van der Waals surface area contributed by atoms with Gasteiger partial charge in [-0.05, 0) is 24.3 Å². The molecule has 1 atom stereocenters. The van der Waals surface area contributed by atoms with Crippen LogP contribution >= 0.6 is 0 Å². The highest BCUT2D eigenvalue weighted by atomic mass is 16.5. The number of hydrogen-bond acceptors (Lipinski definition) is 11. The molecule has 0 fully saturated rings. The lowest BCUT2D eigenvalue weighted by Crippen LogP contribution is -2.34. The standard InChI is InChI=1S/C25H36N4O9/c30-11-7-28(15-19-3-1-5-22(26-19)24(33)34)9-13-37-18-21(17-32)38-14-10-29(8-12-31)16-20-4-2-6-23(27-20)25(35)36/h1-6,21,30-32H,7-18H2,(H,33,34)(H,35,36). The molecule has 0 aliphatic carbocycles. The first-order valence-electron chi connectivity index (χ1n) is 12.2. The van der Waals surface area contributed by atoms with Crippen LogP contribution in [0.5, 0.6) is 0 Å². The molecule has 38 heavy (non-hydrogen) atoms. The largest absolute Gasteiger partial charge is 0.477 e. The highest BCUT2D eigenvalue weighted by Crippen LogP contribution is 2.06. The molecule has 0 aromatic carbocycles. The van der Waals surface area contributed by atoms with Crippen molar-refractivity contribution in [2.45, 2.75) is 19.2 Å². The number of hydrogen-bond donors (Lipinski definition) is 5. The Morgan fingerprint density at radius 2 is 1.26 bits per heavy atom. The SMILES string of the molecule is O=C(O)c1cccc(CN(CCO)CCOCC(CO)OCCN(CCO)Cc2cccc(C(=O)O)n2)n1. The summed E-state index contributed by atoms with van der Waals surface area (Å²) in [6.45, 7) is 2.48. The predicted molar refractivity (Wildman–Crippen MR) is 135 cm³/mol. The van der Waals surface area contributed by atoms with Crippen molar-refractivity contribution in [3.05, 3.63) is 59.2 Å².